The van der Waals surface area contributed by atoms with E-state index in [2.05, 4.69) is 0 Å². The summed E-state index contributed by atoms with van der Waals surface area (Å²) >= 11 is 5.52. The molecule has 8 heteroatoms. The maximum atomic E-state index is 11.8. The molecule has 23 heavy (non-hydrogen) atoms. The fourth-order valence-corrected chi connectivity index (χ4v) is 1.44. The van der Waals surface area contributed by atoms with Crippen molar-refractivity contribution < 1.29 is 29.3 Å². The summed E-state index contributed by atoms with van der Waals surface area (Å²) in [7, 11) is 3.91. The first-order valence-electron chi connectivity index (χ1n) is 6.71. The zero-order valence-corrected chi connectivity index (χ0v) is 13.7. The van der Waals surface area contributed by atoms with Gasteiger partial charge in [-0.1, -0.05) is 0 Å². The Labute approximate surface area is 139 Å². The molecule has 1 aromatic rings. The zero-order valence-electron chi connectivity index (χ0n) is 13.0. The van der Waals surface area contributed by atoms with Gasteiger partial charge in [-0.25, -0.2) is 9.59 Å². The van der Waals surface area contributed by atoms with Crippen molar-refractivity contribution in [2.45, 2.75) is 6.42 Å². The third-order valence-electron chi connectivity index (χ3n) is 2.49. The predicted molar refractivity (Wildman–Crippen MR) is 85.4 cm³/mol. The van der Waals surface area contributed by atoms with Crippen LogP contribution in [0.5, 0.6) is 5.75 Å². The summed E-state index contributed by atoms with van der Waals surface area (Å²) in [4.78, 5) is 32.0. The molecule has 0 saturated carbocycles. The zero-order chi connectivity index (χ0) is 17.8. The number of carboxylic acid groups (broad SMARTS) is 2. The van der Waals surface area contributed by atoms with Crippen molar-refractivity contribution in [1.82, 2.24) is 4.90 Å². The van der Waals surface area contributed by atoms with E-state index in [-0.39, 0.29) is 5.78 Å². The highest BCUT2D eigenvalue weighted by atomic mass is 35.5. The van der Waals surface area contributed by atoms with Gasteiger partial charge in [0, 0.05) is 18.5 Å². The van der Waals surface area contributed by atoms with Gasteiger partial charge in [0.1, 0.15) is 12.4 Å². The van der Waals surface area contributed by atoms with Crippen LogP contribution in [0.4, 0.5) is 0 Å². The summed E-state index contributed by atoms with van der Waals surface area (Å²) in [5.41, 5.74) is 0.727. The first-order valence-corrected chi connectivity index (χ1v) is 7.24. The van der Waals surface area contributed by atoms with Crippen LogP contribution in [0.2, 0.25) is 0 Å². The van der Waals surface area contributed by atoms with Crippen LogP contribution in [-0.4, -0.2) is 66.0 Å². The first kappa shape index (κ1) is 20.9. The number of carboxylic acids is 2. The van der Waals surface area contributed by atoms with Gasteiger partial charge >= 0.3 is 11.9 Å². The Bertz CT molecular complexity index is 503. The minimum absolute atomic E-state index is 0.155. The van der Waals surface area contributed by atoms with Gasteiger partial charge in [-0.05, 0) is 38.4 Å². The van der Waals surface area contributed by atoms with Gasteiger partial charge < -0.3 is 19.8 Å². The third-order valence-corrected chi connectivity index (χ3v) is 2.65. The second-order valence-electron chi connectivity index (χ2n) is 4.65. The molecule has 0 aliphatic rings. The van der Waals surface area contributed by atoms with Gasteiger partial charge in [0.05, 0.1) is 5.88 Å². The number of nitrogens with zero attached hydrogens (tertiary/aromatic N) is 1. The molecule has 0 saturated heterocycles. The van der Waals surface area contributed by atoms with Crippen molar-refractivity contribution in [2.24, 2.45) is 0 Å². The Hall–Kier alpha value is -2.12. The summed E-state index contributed by atoms with van der Waals surface area (Å²) in [5.74, 6) is -2.29. The number of halogens is 1. The van der Waals surface area contributed by atoms with Crippen LogP contribution in [0.1, 0.15) is 16.8 Å². The van der Waals surface area contributed by atoms with Crippen LogP contribution in [0.15, 0.2) is 24.3 Å². The molecule has 0 unspecified atom stereocenters. The normalized spacial score (nSPS) is 9.74. The van der Waals surface area contributed by atoms with Crippen molar-refractivity contribution in [3.8, 4) is 5.75 Å². The summed E-state index contributed by atoms with van der Waals surface area (Å²) in [5, 5.41) is 14.8. The number of carbonyl (C=O) groups is 3. The first-order chi connectivity index (χ1) is 10.8. The van der Waals surface area contributed by atoms with Crippen molar-refractivity contribution in [2.75, 3.05) is 33.1 Å². The number of ketones is 1. The van der Waals surface area contributed by atoms with E-state index in [0.29, 0.717) is 18.9 Å². The minimum Gasteiger partial charge on any atom is -0.492 e. The molecule has 0 atom stereocenters. The van der Waals surface area contributed by atoms with Crippen molar-refractivity contribution in [3.05, 3.63) is 29.8 Å². The van der Waals surface area contributed by atoms with Crippen LogP contribution in [-0.2, 0) is 9.59 Å². The van der Waals surface area contributed by atoms with Gasteiger partial charge in [0.2, 0.25) is 0 Å². The highest BCUT2D eigenvalue weighted by Gasteiger charge is 2.06. The van der Waals surface area contributed by atoms with E-state index in [1.54, 1.807) is 24.3 Å². The Balaban J connectivity index is 0.000000688. The number of ether oxygens (including phenoxy) is 1. The molecule has 0 radical (unpaired) electrons. The Morgan fingerprint density at radius 2 is 1.61 bits per heavy atom. The molecule has 7 nitrogen and oxygen atoms in total. The number of hydrogen-bond donors (Lipinski definition) is 2. The smallest absolute Gasteiger partial charge is 0.414 e. The largest absolute Gasteiger partial charge is 0.492 e. The van der Waals surface area contributed by atoms with Gasteiger partial charge in [-0.2, -0.15) is 0 Å². The van der Waals surface area contributed by atoms with Crippen LogP contribution >= 0.6 is 11.6 Å². The molecular formula is C15H20ClNO6. The highest BCUT2D eigenvalue weighted by Crippen LogP contribution is 2.13. The van der Waals surface area contributed by atoms with E-state index in [1.165, 1.54) is 0 Å². The maximum Gasteiger partial charge on any atom is 0.414 e. The van der Waals surface area contributed by atoms with Gasteiger partial charge in [0.25, 0.3) is 0 Å². The van der Waals surface area contributed by atoms with E-state index in [1.807, 2.05) is 19.0 Å². The third kappa shape index (κ3) is 10.3. The summed E-state index contributed by atoms with van der Waals surface area (Å²) < 4.78 is 5.34. The average molecular weight is 346 g/mol. The lowest BCUT2D eigenvalue weighted by Crippen LogP contribution is -2.16. The van der Waals surface area contributed by atoms with E-state index in [9.17, 15) is 4.79 Å². The minimum atomic E-state index is -1.82. The fourth-order valence-electron chi connectivity index (χ4n) is 1.36. The molecule has 1 rings (SSSR count). The Kier molecular flexibility index (Phi) is 10.4. The van der Waals surface area contributed by atoms with Crippen molar-refractivity contribution in [3.63, 3.8) is 0 Å². The average Bonchev–Trinajstić information content (AvgIpc) is 2.51. The molecule has 128 valence electrons. The van der Waals surface area contributed by atoms with Crippen LogP contribution in [0.3, 0.4) is 0 Å². The van der Waals surface area contributed by atoms with Gasteiger partial charge in [-0.3, -0.25) is 4.79 Å². The molecule has 1 aromatic carbocycles. The van der Waals surface area contributed by atoms with Crippen LogP contribution in [0, 0.1) is 0 Å². The fraction of sp³-hybridized carbons (Fsp3) is 0.400. The quantitative estimate of drug-likeness (QED) is 0.439. The van der Waals surface area contributed by atoms with E-state index in [4.69, 9.17) is 36.1 Å². The second-order valence-corrected chi connectivity index (χ2v) is 5.03. The molecule has 0 fully saturated rings. The van der Waals surface area contributed by atoms with E-state index >= 15 is 0 Å². The number of carbonyl (C=O) groups excluding carboxylic acids is 1. The van der Waals surface area contributed by atoms with E-state index in [0.717, 1.165) is 17.9 Å². The number of benzene rings is 1. The molecule has 2 N–H and O–H groups in total. The van der Waals surface area contributed by atoms with Gasteiger partial charge in [-0.15, -0.1) is 11.6 Å². The standard InChI is InChI=1S/C13H18ClNO2.C2H2O4/c1-15(2)9-7-13(16)11-3-5-12(6-4-11)17-10-8-14;3-1(4)2(5)6/h3-6H,7-10H2,1-2H3;(H,3,4)(H,5,6). The van der Waals surface area contributed by atoms with Gasteiger partial charge in [0.15, 0.2) is 5.78 Å². The summed E-state index contributed by atoms with van der Waals surface area (Å²) in [6, 6.07) is 7.19. The number of Topliss-reactive ketones (excluding diaryl/α,β-unsaturated/α-hetero) is 1. The lowest BCUT2D eigenvalue weighted by atomic mass is 10.1. The number of rotatable bonds is 7. The highest BCUT2D eigenvalue weighted by molar-refractivity contribution is 6.27. The van der Waals surface area contributed by atoms with Crippen LogP contribution in [0.25, 0.3) is 0 Å². The molecule has 0 heterocycles. The second kappa shape index (κ2) is 11.4. The SMILES string of the molecule is CN(C)CCC(=O)c1ccc(OCCCl)cc1.O=C(O)C(=O)O. The summed E-state index contributed by atoms with van der Waals surface area (Å²) in [6.07, 6.45) is 0.537. The molecule has 0 aromatic heterocycles. The molecule has 0 aliphatic heterocycles. The topological polar surface area (TPSA) is 104 Å². The number of aliphatic carboxylic acids is 2. The lowest BCUT2D eigenvalue weighted by molar-refractivity contribution is -0.159. The molecule has 0 amide bonds. The number of alkyl halides is 1. The monoisotopic (exact) mass is 345 g/mol. The summed E-state index contributed by atoms with van der Waals surface area (Å²) in [6.45, 7) is 1.25. The van der Waals surface area contributed by atoms with Crippen molar-refractivity contribution >= 4 is 29.3 Å². The lowest BCUT2D eigenvalue weighted by Gasteiger charge is -2.09. The Morgan fingerprint density at radius 1 is 1.09 bits per heavy atom. The van der Waals surface area contributed by atoms with Crippen LogP contribution < -0.4 is 4.74 Å². The molecule has 0 spiro atoms. The predicted octanol–water partition coefficient (Wildman–Crippen LogP) is 1.59. The Morgan fingerprint density at radius 3 is 2.00 bits per heavy atom. The molecular weight excluding hydrogens is 326 g/mol. The number of hydrogen-bond acceptors (Lipinski definition) is 5. The van der Waals surface area contributed by atoms with Crippen molar-refractivity contribution in [1.29, 1.82) is 0 Å². The van der Waals surface area contributed by atoms with E-state index < -0.39 is 11.9 Å². The maximum absolute atomic E-state index is 11.8. The molecule has 0 aliphatic carbocycles. The molecule has 0 bridgehead atoms.